The van der Waals surface area contributed by atoms with E-state index < -0.39 is 65.1 Å². The molecule has 0 unspecified atom stereocenters. The van der Waals surface area contributed by atoms with Gasteiger partial charge in [0.1, 0.15) is 35.1 Å². The lowest BCUT2D eigenvalue weighted by molar-refractivity contribution is -0.141. The van der Waals surface area contributed by atoms with Crippen molar-refractivity contribution in [2.24, 2.45) is 11.8 Å². The first-order chi connectivity index (χ1) is 21.3. The first kappa shape index (κ1) is 32.2. The monoisotopic (exact) mass is 628 g/mol. The van der Waals surface area contributed by atoms with Gasteiger partial charge in [0.25, 0.3) is 5.91 Å². The molecule has 1 saturated heterocycles. The minimum atomic E-state index is -1.27. The number of nitrogens with two attached hydrogens (primary N) is 1. The quantitative estimate of drug-likeness (QED) is 0.171. The van der Waals surface area contributed by atoms with E-state index in [0.717, 1.165) is 0 Å². The van der Waals surface area contributed by atoms with Gasteiger partial charge in [-0.25, -0.2) is 19.8 Å². The van der Waals surface area contributed by atoms with E-state index in [1.54, 1.807) is 32.9 Å². The lowest BCUT2D eigenvalue weighted by Crippen LogP contribution is -2.58. The van der Waals surface area contributed by atoms with Gasteiger partial charge in [0.2, 0.25) is 11.8 Å². The summed E-state index contributed by atoms with van der Waals surface area (Å²) >= 11 is 0. The molecule has 3 aliphatic heterocycles. The SMILES string of the molecule is CC(C)(C)OC(=O)N[C@H]1CCCC/C=C\[C@@H]2C[C@@]2(C(=O)NN)NC(=O)[C@@H]2C[C@@H](OC(=O)N3Cc4cccc(F)c4C3)CN2C1=O. The van der Waals surface area contributed by atoms with Crippen LogP contribution in [0.5, 0.6) is 0 Å². The number of hydrogen-bond donors (Lipinski definition) is 4. The van der Waals surface area contributed by atoms with E-state index in [4.69, 9.17) is 15.3 Å². The highest BCUT2D eigenvalue weighted by molar-refractivity contribution is 5.98. The lowest BCUT2D eigenvalue weighted by atomic mass is 10.0. The molecular formula is C31H41FN6O7. The van der Waals surface area contributed by atoms with E-state index in [0.29, 0.717) is 43.2 Å². The Hall–Kier alpha value is -4.20. The fraction of sp³-hybridized carbons (Fsp3) is 0.581. The molecular weight excluding hydrogens is 587 g/mol. The number of alkyl carbamates (subject to hydrolysis) is 1. The second kappa shape index (κ2) is 12.7. The fourth-order valence-electron chi connectivity index (χ4n) is 6.29. The van der Waals surface area contributed by atoms with Crippen molar-refractivity contribution < 1.29 is 37.8 Å². The van der Waals surface area contributed by atoms with Crippen LogP contribution >= 0.6 is 0 Å². The van der Waals surface area contributed by atoms with Crippen molar-refractivity contribution in [3.63, 3.8) is 0 Å². The Morgan fingerprint density at radius 2 is 1.93 bits per heavy atom. The molecule has 5 amide bonds. The zero-order valence-electron chi connectivity index (χ0n) is 25.8. The zero-order chi connectivity index (χ0) is 32.5. The molecule has 5 atom stereocenters. The van der Waals surface area contributed by atoms with E-state index in [1.165, 1.54) is 15.9 Å². The summed E-state index contributed by atoms with van der Waals surface area (Å²) in [7, 11) is 0. The van der Waals surface area contributed by atoms with Crippen molar-refractivity contribution in [3.8, 4) is 0 Å². The fourth-order valence-corrected chi connectivity index (χ4v) is 6.29. The van der Waals surface area contributed by atoms with Crippen LogP contribution in [0.3, 0.4) is 0 Å². The Labute approximate surface area is 261 Å². The van der Waals surface area contributed by atoms with Crippen LogP contribution < -0.4 is 21.9 Å². The molecule has 4 aliphatic rings. The summed E-state index contributed by atoms with van der Waals surface area (Å²) in [6.07, 6.45) is 4.04. The van der Waals surface area contributed by atoms with Crippen LogP contribution in [-0.4, -0.2) is 75.6 Å². The van der Waals surface area contributed by atoms with E-state index in [1.807, 2.05) is 12.2 Å². The molecule has 3 heterocycles. The van der Waals surface area contributed by atoms with Crippen molar-refractivity contribution >= 4 is 29.9 Å². The van der Waals surface area contributed by atoms with Gasteiger partial charge in [0.15, 0.2) is 0 Å². The van der Waals surface area contributed by atoms with Crippen LogP contribution in [0, 0.1) is 11.7 Å². The van der Waals surface area contributed by atoms with Gasteiger partial charge >= 0.3 is 12.2 Å². The standard InChI is InChI=1S/C31H41FN6O7/c1-30(2,3)45-28(42)34-23-12-7-5-4-6-10-19-14-31(19,27(41)36-33)35-25(39)24-13-20(16-38(24)26(23)40)44-29(43)37-15-18-9-8-11-22(32)21(18)17-37/h6,8-11,19-20,23-24H,4-5,7,12-17,33H2,1-3H3,(H,34,42)(H,35,39)(H,36,41)/b10-6-/t19-,20-,23+,24+,31-/m1/s1. The molecule has 0 aromatic heterocycles. The van der Waals surface area contributed by atoms with Gasteiger partial charge in [-0.2, -0.15) is 0 Å². The Morgan fingerprint density at radius 3 is 2.64 bits per heavy atom. The Morgan fingerprint density at radius 1 is 1.16 bits per heavy atom. The van der Waals surface area contributed by atoms with Gasteiger partial charge in [-0.1, -0.05) is 30.7 Å². The number of fused-ring (bicyclic) bond motifs is 3. The Balaban J connectivity index is 1.37. The predicted octanol–water partition coefficient (Wildman–Crippen LogP) is 2.14. The molecule has 2 fully saturated rings. The summed E-state index contributed by atoms with van der Waals surface area (Å²) in [5.74, 6) is 3.08. The van der Waals surface area contributed by atoms with Crippen molar-refractivity contribution in [2.45, 2.75) is 102 Å². The molecule has 1 saturated carbocycles. The number of carbonyl (C=O) groups is 5. The third kappa shape index (κ3) is 7.05. The second-order valence-electron chi connectivity index (χ2n) is 13.1. The van der Waals surface area contributed by atoms with Crippen molar-refractivity contribution in [1.29, 1.82) is 0 Å². The van der Waals surface area contributed by atoms with Gasteiger partial charge < -0.3 is 25.0 Å². The lowest BCUT2D eigenvalue weighted by Gasteiger charge is -2.30. The highest BCUT2D eigenvalue weighted by atomic mass is 19.1. The number of rotatable bonds is 3. The molecule has 1 aromatic rings. The van der Waals surface area contributed by atoms with E-state index in [9.17, 15) is 28.4 Å². The number of halogens is 1. The molecule has 14 heteroatoms. The number of benzene rings is 1. The van der Waals surface area contributed by atoms with Gasteiger partial charge in [-0.15, -0.1) is 0 Å². The smallest absolute Gasteiger partial charge is 0.410 e. The molecule has 5 N–H and O–H groups in total. The van der Waals surface area contributed by atoms with Crippen LogP contribution in [-0.2, 0) is 36.9 Å². The molecule has 13 nitrogen and oxygen atoms in total. The highest BCUT2D eigenvalue weighted by Gasteiger charge is 2.61. The molecule has 0 spiro atoms. The first-order valence-electron chi connectivity index (χ1n) is 15.3. The molecule has 244 valence electrons. The number of ether oxygens (including phenoxy) is 2. The summed E-state index contributed by atoms with van der Waals surface area (Å²) in [6, 6.07) is 2.53. The molecule has 5 rings (SSSR count). The summed E-state index contributed by atoms with van der Waals surface area (Å²) in [6.45, 7) is 5.20. The molecule has 1 aliphatic carbocycles. The maximum Gasteiger partial charge on any atom is 0.410 e. The predicted molar refractivity (Wildman–Crippen MR) is 158 cm³/mol. The molecule has 0 bridgehead atoms. The highest BCUT2D eigenvalue weighted by Crippen LogP contribution is 2.45. The van der Waals surface area contributed by atoms with E-state index in [2.05, 4.69) is 16.1 Å². The van der Waals surface area contributed by atoms with Gasteiger partial charge in [0, 0.05) is 24.4 Å². The summed E-state index contributed by atoms with van der Waals surface area (Å²) in [5, 5.41) is 5.48. The van der Waals surface area contributed by atoms with Crippen molar-refractivity contribution in [2.75, 3.05) is 6.54 Å². The van der Waals surface area contributed by atoms with Gasteiger partial charge in [0.05, 0.1) is 13.1 Å². The number of hydrogen-bond acceptors (Lipinski definition) is 8. The molecule has 0 radical (unpaired) electrons. The maximum atomic E-state index is 14.3. The second-order valence-corrected chi connectivity index (χ2v) is 13.1. The zero-order valence-corrected chi connectivity index (χ0v) is 25.8. The Bertz CT molecular complexity index is 1400. The van der Waals surface area contributed by atoms with Crippen LogP contribution in [0.15, 0.2) is 30.4 Å². The topological polar surface area (TPSA) is 172 Å². The third-order valence-corrected chi connectivity index (χ3v) is 8.67. The van der Waals surface area contributed by atoms with Crippen molar-refractivity contribution in [1.82, 2.24) is 25.9 Å². The number of carbonyl (C=O) groups excluding carboxylic acids is 5. The van der Waals surface area contributed by atoms with Gasteiger partial charge in [-0.05, 0) is 58.1 Å². The maximum absolute atomic E-state index is 14.3. The van der Waals surface area contributed by atoms with Crippen LogP contribution in [0.4, 0.5) is 14.0 Å². The average Bonchev–Trinajstić information content (AvgIpc) is 3.29. The van der Waals surface area contributed by atoms with Crippen LogP contribution in [0.25, 0.3) is 0 Å². The number of nitrogens with one attached hydrogen (secondary N) is 3. The minimum absolute atomic E-state index is 0.0353. The van der Waals surface area contributed by atoms with Crippen LogP contribution in [0.2, 0.25) is 0 Å². The van der Waals surface area contributed by atoms with Gasteiger partial charge in [-0.3, -0.25) is 24.7 Å². The number of nitrogens with zero attached hydrogens (tertiary/aromatic N) is 2. The largest absolute Gasteiger partial charge is 0.444 e. The normalized spacial score (nSPS) is 28.9. The first-order valence-corrected chi connectivity index (χ1v) is 15.3. The summed E-state index contributed by atoms with van der Waals surface area (Å²) in [4.78, 5) is 69.2. The summed E-state index contributed by atoms with van der Waals surface area (Å²) < 4.78 is 25.5. The minimum Gasteiger partial charge on any atom is -0.444 e. The molecule has 1 aromatic carbocycles. The number of allylic oxidation sites excluding steroid dienone is 1. The average molecular weight is 629 g/mol. The summed E-state index contributed by atoms with van der Waals surface area (Å²) in [5.41, 5.74) is 1.16. The van der Waals surface area contributed by atoms with Crippen LogP contribution in [0.1, 0.15) is 70.4 Å². The van der Waals surface area contributed by atoms with Crippen molar-refractivity contribution in [3.05, 3.63) is 47.3 Å². The molecule has 45 heavy (non-hydrogen) atoms. The third-order valence-electron chi connectivity index (χ3n) is 8.67. The van der Waals surface area contributed by atoms with E-state index >= 15 is 0 Å². The number of hydrazine groups is 1. The van der Waals surface area contributed by atoms with E-state index in [-0.39, 0.29) is 32.0 Å². The number of amides is 5. The Kier molecular flexibility index (Phi) is 9.06.